The first kappa shape index (κ1) is 19.0. The molecule has 0 saturated carbocycles. The number of nitriles is 1. The van der Waals surface area contributed by atoms with E-state index < -0.39 is 56.1 Å². The van der Waals surface area contributed by atoms with Crippen molar-refractivity contribution < 1.29 is 31.1 Å². The number of rotatable bonds is 2. The average molecular weight is 415 g/mol. The van der Waals surface area contributed by atoms with Gasteiger partial charge in [-0.15, -0.1) is 0 Å². The first-order chi connectivity index (χ1) is 13.1. The van der Waals surface area contributed by atoms with Crippen molar-refractivity contribution in [2.45, 2.75) is 36.0 Å². The Labute approximate surface area is 159 Å². The summed E-state index contributed by atoms with van der Waals surface area (Å²) in [6.45, 7) is -0.153. The van der Waals surface area contributed by atoms with E-state index in [2.05, 4.69) is 5.32 Å². The summed E-state index contributed by atoms with van der Waals surface area (Å²) in [6.07, 6.45) is -5.11. The van der Waals surface area contributed by atoms with Crippen LogP contribution in [-0.4, -0.2) is 44.9 Å². The van der Waals surface area contributed by atoms with Crippen LogP contribution in [0.1, 0.15) is 24.0 Å². The number of sulfonamides is 1. The number of hydrogen-bond acceptors (Lipinski definition) is 5. The molecule has 4 unspecified atom stereocenters. The molecule has 3 saturated heterocycles. The molecule has 4 rings (SSSR count). The second kappa shape index (κ2) is 5.84. The Balaban J connectivity index is 1.86. The lowest BCUT2D eigenvalue weighted by Gasteiger charge is -2.32. The zero-order chi connectivity index (χ0) is 20.5. The summed E-state index contributed by atoms with van der Waals surface area (Å²) in [5.41, 5.74) is -2.03. The monoisotopic (exact) mass is 415 g/mol. The van der Waals surface area contributed by atoms with Gasteiger partial charge in [-0.25, -0.2) is 8.42 Å². The van der Waals surface area contributed by atoms with Gasteiger partial charge in [0.05, 0.1) is 35.1 Å². The first-order valence-corrected chi connectivity index (χ1v) is 10.0. The van der Waals surface area contributed by atoms with Crippen molar-refractivity contribution in [1.29, 1.82) is 5.26 Å². The Morgan fingerprint density at radius 2 is 2.11 bits per heavy atom. The smallest absolute Gasteiger partial charge is 0.372 e. The van der Waals surface area contributed by atoms with E-state index >= 15 is 0 Å². The molecule has 2 bridgehead atoms. The molecule has 0 radical (unpaired) electrons. The topological polar surface area (TPSA) is 99.5 Å². The zero-order valence-corrected chi connectivity index (χ0v) is 15.5. The maximum atomic E-state index is 13.4. The van der Waals surface area contributed by atoms with Crippen molar-refractivity contribution in [2.75, 3.05) is 17.9 Å². The molecular formula is C17H16F3N3O4S. The van der Waals surface area contributed by atoms with Crippen molar-refractivity contribution >= 4 is 21.6 Å². The van der Waals surface area contributed by atoms with Crippen LogP contribution in [0.4, 0.5) is 18.9 Å². The van der Waals surface area contributed by atoms with Crippen molar-refractivity contribution in [3.8, 4) is 6.07 Å². The molecule has 0 aromatic heterocycles. The quantitative estimate of drug-likeness (QED) is 0.787. The molecule has 7 nitrogen and oxygen atoms in total. The van der Waals surface area contributed by atoms with Crippen LogP contribution >= 0.6 is 0 Å². The molecule has 1 aromatic rings. The highest BCUT2D eigenvalue weighted by Crippen LogP contribution is 2.56. The van der Waals surface area contributed by atoms with Gasteiger partial charge in [0, 0.05) is 19.5 Å². The Morgan fingerprint density at radius 1 is 1.39 bits per heavy atom. The number of alkyl halides is 3. The maximum absolute atomic E-state index is 13.4. The molecule has 1 N–H and O–H groups in total. The van der Waals surface area contributed by atoms with Crippen molar-refractivity contribution in [3.63, 3.8) is 0 Å². The number of amides is 1. The third kappa shape index (κ3) is 2.18. The lowest BCUT2D eigenvalue weighted by Crippen LogP contribution is -2.60. The minimum absolute atomic E-state index is 0.153. The average Bonchev–Trinajstić information content (AvgIpc) is 3.30. The lowest BCUT2D eigenvalue weighted by atomic mass is 9.78. The highest BCUT2D eigenvalue weighted by Gasteiger charge is 2.76. The second-order valence-electron chi connectivity index (χ2n) is 7.09. The van der Waals surface area contributed by atoms with Crippen molar-refractivity contribution in [3.05, 3.63) is 29.3 Å². The van der Waals surface area contributed by atoms with Gasteiger partial charge >= 0.3 is 6.18 Å². The first-order valence-electron chi connectivity index (χ1n) is 8.60. The minimum Gasteiger partial charge on any atom is -0.372 e. The van der Waals surface area contributed by atoms with Gasteiger partial charge in [0.2, 0.25) is 10.7 Å². The molecular weight excluding hydrogens is 399 g/mol. The van der Waals surface area contributed by atoms with Crippen LogP contribution < -0.4 is 9.62 Å². The molecule has 4 atom stereocenters. The fraction of sp³-hybridized carbons (Fsp3) is 0.529. The van der Waals surface area contributed by atoms with E-state index in [9.17, 15) is 26.4 Å². The number of carbonyl (C=O) groups excluding carboxylic acids is 1. The molecule has 150 valence electrons. The highest BCUT2D eigenvalue weighted by molar-refractivity contribution is 7.95. The molecule has 0 aliphatic carbocycles. The third-order valence-corrected chi connectivity index (χ3v) is 8.45. The Morgan fingerprint density at radius 3 is 2.71 bits per heavy atom. The van der Waals surface area contributed by atoms with E-state index in [-0.39, 0.29) is 12.2 Å². The minimum atomic E-state index is -4.82. The van der Waals surface area contributed by atoms with Gasteiger partial charge in [0.1, 0.15) is 0 Å². The molecule has 3 heterocycles. The molecule has 3 aliphatic rings. The van der Waals surface area contributed by atoms with Crippen LogP contribution in [-0.2, 0) is 25.7 Å². The molecule has 1 amide bonds. The van der Waals surface area contributed by atoms with Crippen LogP contribution in [0.3, 0.4) is 0 Å². The third-order valence-electron chi connectivity index (χ3n) is 5.91. The number of benzene rings is 1. The van der Waals surface area contributed by atoms with Gasteiger partial charge in [0.25, 0.3) is 10.0 Å². The standard InChI is InChI=1S/C17H16F3N3O4S/c1-22-15(24)16-12(13-4-5-14(16)27-13)8-23(28(16,25)26)10-3-2-9(7-21)11(6-10)17(18,19)20/h2-3,6,12-14H,4-5,8H2,1H3,(H,22,24). The van der Waals surface area contributed by atoms with E-state index in [0.717, 1.165) is 16.4 Å². The van der Waals surface area contributed by atoms with E-state index in [4.69, 9.17) is 10.00 Å². The van der Waals surface area contributed by atoms with Gasteiger partial charge in [0.15, 0.2) is 0 Å². The Hall–Kier alpha value is -2.32. The number of ether oxygens (including phenoxy) is 1. The Kier molecular flexibility index (Phi) is 3.97. The Bertz CT molecular complexity index is 1000. The van der Waals surface area contributed by atoms with Crippen molar-refractivity contribution in [1.82, 2.24) is 5.32 Å². The number of fused-ring (bicyclic) bond motifs is 5. The van der Waals surface area contributed by atoms with Gasteiger partial charge in [-0.1, -0.05) is 0 Å². The summed E-state index contributed by atoms with van der Waals surface area (Å²) in [6, 6.07) is 4.22. The van der Waals surface area contributed by atoms with Crippen LogP contribution in [0.15, 0.2) is 18.2 Å². The van der Waals surface area contributed by atoms with Crippen LogP contribution in [0.5, 0.6) is 0 Å². The highest BCUT2D eigenvalue weighted by atomic mass is 32.2. The molecule has 28 heavy (non-hydrogen) atoms. The van der Waals surface area contributed by atoms with Crippen LogP contribution in [0.2, 0.25) is 0 Å². The van der Waals surface area contributed by atoms with E-state index in [1.807, 2.05) is 0 Å². The number of nitrogens with one attached hydrogen (secondary N) is 1. The number of halogens is 3. The maximum Gasteiger partial charge on any atom is 0.417 e. The number of hydrogen-bond donors (Lipinski definition) is 1. The van der Waals surface area contributed by atoms with Crippen LogP contribution in [0.25, 0.3) is 0 Å². The molecule has 3 aliphatic heterocycles. The van der Waals surface area contributed by atoms with Crippen molar-refractivity contribution in [2.24, 2.45) is 5.92 Å². The van der Waals surface area contributed by atoms with Gasteiger partial charge in [-0.2, -0.15) is 18.4 Å². The predicted octanol–water partition coefficient (Wildman–Crippen LogP) is 1.39. The summed E-state index contributed by atoms with van der Waals surface area (Å²) in [7, 11) is -3.04. The summed E-state index contributed by atoms with van der Waals surface area (Å²) >= 11 is 0. The molecule has 0 spiro atoms. The number of anilines is 1. The van der Waals surface area contributed by atoms with Gasteiger partial charge < -0.3 is 10.1 Å². The summed E-state index contributed by atoms with van der Waals surface area (Å²) in [5, 5.41) is 11.3. The largest absolute Gasteiger partial charge is 0.417 e. The second-order valence-corrected chi connectivity index (χ2v) is 9.16. The summed E-state index contributed by atoms with van der Waals surface area (Å²) < 4.78 is 71.5. The summed E-state index contributed by atoms with van der Waals surface area (Å²) in [5.74, 6) is -1.39. The summed E-state index contributed by atoms with van der Waals surface area (Å²) in [4.78, 5) is 12.7. The normalized spacial score (nSPS) is 32.8. The zero-order valence-electron chi connectivity index (χ0n) is 14.7. The van der Waals surface area contributed by atoms with E-state index in [0.29, 0.717) is 18.9 Å². The van der Waals surface area contributed by atoms with E-state index in [1.165, 1.54) is 13.1 Å². The van der Waals surface area contributed by atoms with Gasteiger partial charge in [-0.3, -0.25) is 9.10 Å². The molecule has 1 aromatic carbocycles. The van der Waals surface area contributed by atoms with Gasteiger partial charge in [-0.05, 0) is 31.0 Å². The predicted molar refractivity (Wildman–Crippen MR) is 90.6 cm³/mol. The SMILES string of the molecule is CNC(=O)C12C3CCC(O3)C1CN(c1ccc(C#N)c(C(F)(F)F)c1)S2(=O)=O. The molecule has 3 fully saturated rings. The number of nitrogens with zero attached hydrogens (tertiary/aromatic N) is 2. The lowest BCUT2D eigenvalue weighted by molar-refractivity contribution is -0.137. The fourth-order valence-corrected chi connectivity index (χ4v) is 7.31. The number of carbonyl (C=O) groups is 1. The fourth-order valence-electron chi connectivity index (χ4n) is 4.75. The van der Waals surface area contributed by atoms with Crippen LogP contribution in [0, 0.1) is 17.2 Å². The molecule has 11 heteroatoms. The van der Waals surface area contributed by atoms with E-state index in [1.54, 1.807) is 0 Å².